The van der Waals surface area contributed by atoms with Crippen molar-refractivity contribution < 1.29 is 4.92 Å². The SMILES string of the molecule is O=[N+]([O-])c1ccc(N2Cc3ccccc3CC2CCl)cc1. The molecule has 0 bridgehead atoms. The minimum absolute atomic E-state index is 0.110. The molecule has 3 rings (SSSR count). The predicted octanol–water partition coefficient (Wildman–Crippen LogP) is 3.76. The van der Waals surface area contributed by atoms with Crippen LogP contribution in [-0.2, 0) is 13.0 Å². The Labute approximate surface area is 128 Å². The number of nitro groups is 1. The first kappa shape index (κ1) is 13.9. The van der Waals surface area contributed by atoms with E-state index in [1.165, 1.54) is 11.1 Å². The van der Waals surface area contributed by atoms with E-state index in [4.69, 9.17) is 11.6 Å². The monoisotopic (exact) mass is 302 g/mol. The lowest BCUT2D eigenvalue weighted by atomic mass is 9.94. The van der Waals surface area contributed by atoms with Crippen molar-refractivity contribution in [2.45, 2.75) is 19.0 Å². The molecule has 0 amide bonds. The van der Waals surface area contributed by atoms with E-state index in [2.05, 4.69) is 17.0 Å². The van der Waals surface area contributed by atoms with Crippen molar-refractivity contribution in [2.24, 2.45) is 0 Å². The highest BCUT2D eigenvalue weighted by Crippen LogP contribution is 2.30. The minimum Gasteiger partial charge on any atom is -0.363 e. The molecule has 0 aromatic heterocycles. The number of alkyl halides is 1. The van der Waals surface area contributed by atoms with Crippen LogP contribution in [0.15, 0.2) is 48.5 Å². The van der Waals surface area contributed by atoms with Gasteiger partial charge in [-0.1, -0.05) is 24.3 Å². The molecule has 1 aliphatic rings. The molecule has 0 spiro atoms. The standard InChI is InChI=1S/C16H15ClN2O2/c17-10-16-9-12-3-1-2-4-13(12)11-18(16)14-5-7-15(8-6-14)19(20)21/h1-8,16H,9-11H2. The lowest BCUT2D eigenvalue weighted by molar-refractivity contribution is -0.384. The number of hydrogen-bond donors (Lipinski definition) is 0. The van der Waals surface area contributed by atoms with E-state index in [0.717, 1.165) is 18.7 Å². The molecular formula is C16H15ClN2O2. The molecule has 0 saturated heterocycles. The van der Waals surface area contributed by atoms with E-state index >= 15 is 0 Å². The first-order valence-corrected chi connectivity index (χ1v) is 7.36. The van der Waals surface area contributed by atoms with Crippen LogP contribution in [0.25, 0.3) is 0 Å². The maximum absolute atomic E-state index is 10.7. The fraction of sp³-hybridized carbons (Fsp3) is 0.250. The number of hydrogen-bond acceptors (Lipinski definition) is 3. The van der Waals surface area contributed by atoms with Gasteiger partial charge in [0.15, 0.2) is 0 Å². The number of fused-ring (bicyclic) bond motifs is 1. The lowest BCUT2D eigenvalue weighted by Crippen LogP contribution is -2.41. The van der Waals surface area contributed by atoms with Gasteiger partial charge in [0.05, 0.1) is 4.92 Å². The number of anilines is 1. The van der Waals surface area contributed by atoms with Gasteiger partial charge in [0.2, 0.25) is 0 Å². The molecule has 0 aliphatic carbocycles. The second kappa shape index (κ2) is 5.74. The number of non-ortho nitro benzene ring substituents is 1. The highest BCUT2D eigenvalue weighted by molar-refractivity contribution is 6.18. The summed E-state index contributed by atoms with van der Waals surface area (Å²) in [5, 5.41) is 10.7. The second-order valence-electron chi connectivity index (χ2n) is 5.18. The topological polar surface area (TPSA) is 46.4 Å². The van der Waals surface area contributed by atoms with Gasteiger partial charge in [0.25, 0.3) is 5.69 Å². The average molecular weight is 303 g/mol. The molecule has 0 saturated carbocycles. The van der Waals surface area contributed by atoms with E-state index in [1.54, 1.807) is 24.3 Å². The van der Waals surface area contributed by atoms with Crippen LogP contribution in [0.2, 0.25) is 0 Å². The van der Waals surface area contributed by atoms with E-state index in [1.807, 2.05) is 12.1 Å². The fourth-order valence-corrected chi connectivity index (χ4v) is 3.07. The Morgan fingerprint density at radius 2 is 1.81 bits per heavy atom. The summed E-state index contributed by atoms with van der Waals surface area (Å²) in [5.74, 6) is 0.533. The molecule has 1 atom stereocenters. The van der Waals surface area contributed by atoms with Crippen molar-refractivity contribution in [2.75, 3.05) is 10.8 Å². The Hall–Kier alpha value is -2.07. The second-order valence-corrected chi connectivity index (χ2v) is 5.49. The van der Waals surface area contributed by atoms with Crippen molar-refractivity contribution in [1.29, 1.82) is 0 Å². The normalized spacial score (nSPS) is 17.4. The van der Waals surface area contributed by atoms with Crippen LogP contribution in [0.1, 0.15) is 11.1 Å². The van der Waals surface area contributed by atoms with Gasteiger partial charge in [0, 0.05) is 36.3 Å². The maximum atomic E-state index is 10.7. The zero-order valence-corrected chi connectivity index (χ0v) is 12.2. The molecule has 21 heavy (non-hydrogen) atoms. The van der Waals surface area contributed by atoms with Gasteiger partial charge in [-0.25, -0.2) is 0 Å². The van der Waals surface area contributed by atoms with E-state index in [0.29, 0.717) is 5.88 Å². The van der Waals surface area contributed by atoms with Crippen molar-refractivity contribution in [3.05, 3.63) is 69.8 Å². The van der Waals surface area contributed by atoms with Crippen molar-refractivity contribution in [3.63, 3.8) is 0 Å². The van der Waals surface area contributed by atoms with Crippen molar-refractivity contribution in [3.8, 4) is 0 Å². The Balaban J connectivity index is 1.91. The van der Waals surface area contributed by atoms with Crippen molar-refractivity contribution in [1.82, 2.24) is 0 Å². The van der Waals surface area contributed by atoms with Crippen LogP contribution in [0.4, 0.5) is 11.4 Å². The first-order valence-electron chi connectivity index (χ1n) is 6.83. The summed E-state index contributed by atoms with van der Waals surface area (Å²) in [6.07, 6.45) is 0.899. The van der Waals surface area contributed by atoms with Crippen LogP contribution in [0.5, 0.6) is 0 Å². The molecule has 5 heteroatoms. The Morgan fingerprint density at radius 1 is 1.14 bits per heavy atom. The highest BCUT2D eigenvalue weighted by Gasteiger charge is 2.25. The van der Waals surface area contributed by atoms with Crippen LogP contribution in [0, 0.1) is 10.1 Å². The zero-order valence-electron chi connectivity index (χ0n) is 11.4. The fourth-order valence-electron chi connectivity index (χ4n) is 2.79. The summed E-state index contributed by atoms with van der Waals surface area (Å²) in [4.78, 5) is 12.6. The van der Waals surface area contributed by atoms with Crippen LogP contribution in [0.3, 0.4) is 0 Å². The van der Waals surface area contributed by atoms with Crippen LogP contribution >= 0.6 is 11.6 Å². The molecule has 0 N–H and O–H groups in total. The summed E-state index contributed by atoms with van der Waals surface area (Å²) in [5.41, 5.74) is 3.71. The molecule has 1 aliphatic heterocycles. The average Bonchev–Trinajstić information content (AvgIpc) is 2.53. The van der Waals surface area contributed by atoms with Gasteiger partial charge in [-0.2, -0.15) is 0 Å². The molecule has 1 heterocycles. The smallest absolute Gasteiger partial charge is 0.269 e. The lowest BCUT2D eigenvalue weighted by Gasteiger charge is -2.37. The Kier molecular flexibility index (Phi) is 3.80. The molecule has 0 fully saturated rings. The number of rotatable bonds is 3. The summed E-state index contributed by atoms with van der Waals surface area (Å²) in [7, 11) is 0. The molecule has 0 radical (unpaired) electrons. The third kappa shape index (κ3) is 2.72. The van der Waals surface area contributed by atoms with Gasteiger partial charge in [0.1, 0.15) is 0 Å². The van der Waals surface area contributed by atoms with Gasteiger partial charge >= 0.3 is 0 Å². The van der Waals surface area contributed by atoms with Crippen molar-refractivity contribution >= 4 is 23.0 Å². The van der Waals surface area contributed by atoms with Crippen LogP contribution < -0.4 is 4.90 Å². The maximum Gasteiger partial charge on any atom is 0.269 e. The van der Waals surface area contributed by atoms with E-state index in [9.17, 15) is 10.1 Å². The Morgan fingerprint density at radius 3 is 2.43 bits per heavy atom. The minimum atomic E-state index is -0.381. The predicted molar refractivity (Wildman–Crippen MR) is 83.9 cm³/mol. The number of nitro benzene ring substituents is 1. The Bertz CT molecular complexity index is 658. The van der Waals surface area contributed by atoms with Gasteiger partial charge in [-0.15, -0.1) is 11.6 Å². The molecule has 2 aromatic carbocycles. The molecule has 1 unspecified atom stereocenters. The summed E-state index contributed by atoms with van der Waals surface area (Å²) in [6, 6.07) is 15.2. The molecule has 108 valence electrons. The largest absolute Gasteiger partial charge is 0.363 e. The quantitative estimate of drug-likeness (QED) is 0.492. The van der Waals surface area contributed by atoms with Gasteiger partial charge < -0.3 is 4.90 Å². The summed E-state index contributed by atoms with van der Waals surface area (Å²) >= 11 is 6.12. The summed E-state index contributed by atoms with van der Waals surface area (Å²) in [6.45, 7) is 0.783. The molecular weight excluding hydrogens is 288 g/mol. The van der Waals surface area contributed by atoms with Gasteiger partial charge in [-0.3, -0.25) is 10.1 Å². The van der Waals surface area contributed by atoms with Crippen LogP contribution in [-0.4, -0.2) is 16.8 Å². The van der Waals surface area contributed by atoms with E-state index in [-0.39, 0.29) is 16.7 Å². The summed E-state index contributed by atoms with van der Waals surface area (Å²) < 4.78 is 0. The molecule has 2 aromatic rings. The zero-order chi connectivity index (χ0) is 14.8. The first-order chi connectivity index (χ1) is 10.2. The number of benzene rings is 2. The van der Waals surface area contributed by atoms with E-state index < -0.39 is 0 Å². The third-order valence-electron chi connectivity index (χ3n) is 3.93. The third-order valence-corrected chi connectivity index (χ3v) is 4.28. The molecule has 4 nitrogen and oxygen atoms in total. The number of halogens is 1. The van der Waals surface area contributed by atoms with Gasteiger partial charge in [-0.05, 0) is 29.7 Å². The highest BCUT2D eigenvalue weighted by atomic mass is 35.5. The number of nitrogens with zero attached hydrogens (tertiary/aromatic N) is 2.